The number of fused-ring (bicyclic) bond motifs is 1. The van der Waals surface area contributed by atoms with Crippen LogP contribution in [0.3, 0.4) is 0 Å². The number of rotatable bonds is 4. The van der Waals surface area contributed by atoms with Crippen LogP contribution in [0.5, 0.6) is 17.2 Å². The minimum atomic E-state index is -0.446. The van der Waals surface area contributed by atoms with Crippen molar-refractivity contribution in [2.75, 3.05) is 7.11 Å². The number of esters is 1. The summed E-state index contributed by atoms with van der Waals surface area (Å²) in [5, 5.41) is 1.81. The summed E-state index contributed by atoms with van der Waals surface area (Å²) in [6, 6.07) is 12.2. The first-order chi connectivity index (χ1) is 14.0. The normalized spacial score (nSPS) is 13.9. The van der Waals surface area contributed by atoms with E-state index in [1.54, 1.807) is 55.8 Å². The predicted octanol–water partition coefficient (Wildman–Crippen LogP) is 5.66. The summed E-state index contributed by atoms with van der Waals surface area (Å²) >= 11 is 4.72. The van der Waals surface area contributed by atoms with Crippen molar-refractivity contribution in [3.05, 3.63) is 79.6 Å². The van der Waals surface area contributed by atoms with Gasteiger partial charge in [0.25, 0.3) is 0 Å². The number of ketones is 1. The first-order valence-electron chi connectivity index (χ1n) is 8.64. The quantitative estimate of drug-likeness (QED) is 0.279. The summed E-state index contributed by atoms with van der Waals surface area (Å²) in [5.41, 5.74) is 1.84. The highest BCUT2D eigenvalue weighted by molar-refractivity contribution is 9.10. The standard InChI is InChI=1S/C22H15BrO5S/c1-12-8-15(27-22(25)19-4-3-7-29-19)11-17-20(12)21(24)18(28-17)10-13-9-14(23)5-6-16(13)26-2/h3-11H,1-2H3/b18-10-. The SMILES string of the molecule is COc1ccc(Br)cc1/C=C1\Oc2cc(OC(=O)c3cccs3)cc(C)c2C1=O. The number of carbonyl (C=O) groups is 2. The van der Waals surface area contributed by atoms with Crippen molar-refractivity contribution in [2.24, 2.45) is 0 Å². The molecule has 2 aromatic carbocycles. The second-order valence-electron chi connectivity index (χ2n) is 6.31. The van der Waals surface area contributed by atoms with Gasteiger partial charge in [-0.05, 0) is 54.3 Å². The van der Waals surface area contributed by atoms with Gasteiger partial charge in [0.2, 0.25) is 5.78 Å². The zero-order valence-corrected chi connectivity index (χ0v) is 17.9. The van der Waals surface area contributed by atoms with Crippen LogP contribution in [0.25, 0.3) is 6.08 Å². The van der Waals surface area contributed by atoms with Crippen molar-refractivity contribution in [1.82, 2.24) is 0 Å². The van der Waals surface area contributed by atoms with Gasteiger partial charge < -0.3 is 14.2 Å². The Morgan fingerprint density at radius 2 is 2.03 bits per heavy atom. The maximum absolute atomic E-state index is 12.9. The fourth-order valence-electron chi connectivity index (χ4n) is 3.05. The summed E-state index contributed by atoms with van der Waals surface area (Å²) < 4.78 is 17.5. The minimum absolute atomic E-state index is 0.182. The summed E-state index contributed by atoms with van der Waals surface area (Å²) in [4.78, 5) is 25.6. The fourth-order valence-corrected chi connectivity index (χ4v) is 4.03. The minimum Gasteiger partial charge on any atom is -0.496 e. The van der Waals surface area contributed by atoms with E-state index in [-0.39, 0.29) is 11.5 Å². The van der Waals surface area contributed by atoms with Gasteiger partial charge in [0.05, 0.1) is 12.7 Å². The Labute approximate surface area is 179 Å². The van der Waals surface area contributed by atoms with E-state index in [9.17, 15) is 9.59 Å². The number of hydrogen-bond acceptors (Lipinski definition) is 6. The van der Waals surface area contributed by atoms with Crippen molar-refractivity contribution in [1.29, 1.82) is 0 Å². The molecule has 0 radical (unpaired) electrons. The smallest absolute Gasteiger partial charge is 0.353 e. The van der Waals surface area contributed by atoms with E-state index >= 15 is 0 Å². The number of hydrogen-bond donors (Lipinski definition) is 0. The van der Waals surface area contributed by atoms with Gasteiger partial charge in [-0.3, -0.25) is 4.79 Å². The molecule has 29 heavy (non-hydrogen) atoms. The molecule has 1 aromatic heterocycles. The molecule has 4 rings (SSSR count). The molecule has 0 N–H and O–H groups in total. The van der Waals surface area contributed by atoms with E-state index in [0.29, 0.717) is 38.8 Å². The van der Waals surface area contributed by atoms with Gasteiger partial charge in [-0.2, -0.15) is 0 Å². The molecule has 0 fully saturated rings. The van der Waals surface area contributed by atoms with Crippen LogP contribution in [0.2, 0.25) is 0 Å². The molecule has 146 valence electrons. The average molecular weight is 471 g/mol. The lowest BCUT2D eigenvalue weighted by molar-refractivity contribution is 0.0739. The van der Waals surface area contributed by atoms with Crippen molar-refractivity contribution >= 4 is 45.1 Å². The van der Waals surface area contributed by atoms with E-state index < -0.39 is 5.97 Å². The molecule has 0 amide bonds. The monoisotopic (exact) mass is 470 g/mol. The number of ether oxygens (including phenoxy) is 3. The largest absolute Gasteiger partial charge is 0.496 e. The van der Waals surface area contributed by atoms with E-state index in [2.05, 4.69) is 15.9 Å². The topological polar surface area (TPSA) is 61.8 Å². The van der Waals surface area contributed by atoms with Crippen LogP contribution < -0.4 is 14.2 Å². The molecule has 1 aliphatic rings. The molecular formula is C22H15BrO5S. The number of allylic oxidation sites excluding steroid dienone is 1. The predicted molar refractivity (Wildman–Crippen MR) is 114 cm³/mol. The molecule has 0 spiro atoms. The third kappa shape index (κ3) is 3.83. The highest BCUT2D eigenvalue weighted by Crippen LogP contribution is 2.38. The van der Waals surface area contributed by atoms with Crippen LogP contribution >= 0.6 is 27.3 Å². The van der Waals surface area contributed by atoms with Gasteiger partial charge in [0.15, 0.2) is 5.76 Å². The van der Waals surface area contributed by atoms with Gasteiger partial charge in [0.1, 0.15) is 22.1 Å². The summed E-state index contributed by atoms with van der Waals surface area (Å²) in [7, 11) is 1.57. The molecule has 0 bridgehead atoms. The Balaban J connectivity index is 1.65. The van der Waals surface area contributed by atoms with E-state index in [0.717, 1.165) is 4.47 Å². The molecule has 3 aromatic rings. The Bertz CT molecular complexity index is 1150. The molecule has 2 heterocycles. The third-order valence-electron chi connectivity index (χ3n) is 4.35. The molecule has 0 aliphatic carbocycles. The summed E-state index contributed by atoms with van der Waals surface area (Å²) in [5.74, 6) is 0.823. The van der Waals surface area contributed by atoms with E-state index in [1.807, 2.05) is 12.1 Å². The molecular weight excluding hydrogens is 456 g/mol. The number of carbonyl (C=O) groups excluding carboxylic acids is 2. The molecule has 0 unspecified atom stereocenters. The number of halogens is 1. The lowest BCUT2D eigenvalue weighted by atomic mass is 10.0. The Kier molecular flexibility index (Phi) is 5.25. The van der Waals surface area contributed by atoms with Gasteiger partial charge in [-0.1, -0.05) is 22.0 Å². The third-order valence-corrected chi connectivity index (χ3v) is 5.70. The maximum Gasteiger partial charge on any atom is 0.353 e. The maximum atomic E-state index is 12.9. The lowest BCUT2D eigenvalue weighted by Gasteiger charge is -2.07. The Morgan fingerprint density at radius 1 is 1.21 bits per heavy atom. The number of Topliss-reactive ketones (excluding diaryl/α,β-unsaturated/α-hetero) is 1. The number of methoxy groups -OCH3 is 1. The van der Waals surface area contributed by atoms with Gasteiger partial charge in [0, 0.05) is 16.1 Å². The Morgan fingerprint density at radius 3 is 2.76 bits per heavy atom. The lowest BCUT2D eigenvalue weighted by Crippen LogP contribution is -2.06. The molecule has 5 nitrogen and oxygen atoms in total. The van der Waals surface area contributed by atoms with Gasteiger partial charge in [-0.15, -0.1) is 11.3 Å². The average Bonchev–Trinajstić information content (AvgIpc) is 3.31. The zero-order chi connectivity index (χ0) is 20.5. The second-order valence-corrected chi connectivity index (χ2v) is 8.17. The van der Waals surface area contributed by atoms with E-state index in [1.165, 1.54) is 11.3 Å². The van der Waals surface area contributed by atoms with Crippen molar-refractivity contribution in [3.8, 4) is 17.2 Å². The first kappa shape index (κ1) is 19.4. The fraction of sp³-hybridized carbons (Fsp3) is 0.0909. The molecule has 0 atom stereocenters. The van der Waals surface area contributed by atoms with Crippen molar-refractivity contribution in [2.45, 2.75) is 6.92 Å². The molecule has 0 saturated heterocycles. The van der Waals surface area contributed by atoms with Crippen LogP contribution in [-0.4, -0.2) is 18.9 Å². The van der Waals surface area contributed by atoms with Crippen LogP contribution in [0, 0.1) is 6.92 Å². The zero-order valence-electron chi connectivity index (χ0n) is 15.5. The van der Waals surface area contributed by atoms with Gasteiger partial charge in [-0.25, -0.2) is 4.79 Å². The van der Waals surface area contributed by atoms with Crippen LogP contribution in [-0.2, 0) is 0 Å². The molecule has 7 heteroatoms. The van der Waals surface area contributed by atoms with E-state index in [4.69, 9.17) is 14.2 Å². The Hall–Kier alpha value is -2.90. The summed E-state index contributed by atoms with van der Waals surface area (Å²) in [6.07, 6.45) is 1.64. The number of benzene rings is 2. The van der Waals surface area contributed by atoms with Crippen LogP contribution in [0.15, 0.2) is 58.1 Å². The van der Waals surface area contributed by atoms with Crippen LogP contribution in [0.1, 0.15) is 31.2 Å². The molecule has 0 saturated carbocycles. The van der Waals surface area contributed by atoms with Crippen molar-refractivity contribution < 1.29 is 23.8 Å². The first-order valence-corrected chi connectivity index (χ1v) is 10.3. The number of thiophene rings is 1. The van der Waals surface area contributed by atoms with Crippen LogP contribution in [0.4, 0.5) is 0 Å². The second kappa shape index (κ2) is 7.85. The number of aryl methyl sites for hydroxylation is 1. The molecule has 1 aliphatic heterocycles. The summed E-state index contributed by atoms with van der Waals surface area (Å²) in [6.45, 7) is 1.78. The van der Waals surface area contributed by atoms with Gasteiger partial charge >= 0.3 is 5.97 Å². The highest BCUT2D eigenvalue weighted by Gasteiger charge is 2.30. The highest BCUT2D eigenvalue weighted by atomic mass is 79.9. The van der Waals surface area contributed by atoms with Crippen molar-refractivity contribution in [3.63, 3.8) is 0 Å².